The summed E-state index contributed by atoms with van der Waals surface area (Å²) in [6, 6.07) is 24.9. The molecule has 0 radical (unpaired) electrons. The van der Waals surface area contributed by atoms with Crippen molar-refractivity contribution in [3.05, 3.63) is 117 Å². The van der Waals surface area contributed by atoms with Gasteiger partial charge in [-0.15, -0.1) is 23.7 Å². The highest BCUT2D eigenvalue weighted by Gasteiger charge is 2.20. The van der Waals surface area contributed by atoms with Crippen molar-refractivity contribution in [2.24, 2.45) is 0 Å². The Morgan fingerprint density at radius 2 is 1.79 bits per heavy atom. The predicted octanol–water partition coefficient (Wildman–Crippen LogP) is 5.65. The van der Waals surface area contributed by atoms with Gasteiger partial charge < -0.3 is 20.3 Å². The summed E-state index contributed by atoms with van der Waals surface area (Å²) in [5, 5.41) is 9.50. The number of aromatic nitrogens is 1. The summed E-state index contributed by atoms with van der Waals surface area (Å²) in [4.78, 5) is 33.2. The molecule has 0 unspecified atom stereocenters. The van der Waals surface area contributed by atoms with Crippen LogP contribution in [0.5, 0.6) is 5.75 Å². The number of ether oxygens (including phenoxy) is 1. The smallest absolute Gasteiger partial charge is 0.254 e. The molecule has 0 saturated heterocycles. The number of terminal acetylenes is 1. The van der Waals surface area contributed by atoms with Gasteiger partial charge in [-0.05, 0) is 67.8 Å². The van der Waals surface area contributed by atoms with Gasteiger partial charge in [0.25, 0.3) is 11.8 Å². The minimum Gasteiger partial charge on any atom is -0.497 e. The molecule has 1 atom stereocenters. The Balaban J connectivity index is 1.42. The SMILES string of the molecule is C#CCCN(Cc1nc(C)cs1)C(=O)c1cccc(C(=O)N[C@H](CCNCc2cccc(OC)c2)Cc2ccccc2)c1. The third-order valence-electron chi connectivity index (χ3n) is 6.97. The average Bonchev–Trinajstić information content (AvgIpc) is 3.45. The highest BCUT2D eigenvalue weighted by molar-refractivity contribution is 7.09. The van der Waals surface area contributed by atoms with Crippen LogP contribution in [0.1, 0.15) is 55.4 Å². The molecule has 4 rings (SSSR count). The minimum atomic E-state index is -0.214. The van der Waals surface area contributed by atoms with E-state index in [9.17, 15) is 9.59 Å². The van der Waals surface area contributed by atoms with Gasteiger partial charge in [-0.1, -0.05) is 48.5 Å². The van der Waals surface area contributed by atoms with E-state index in [2.05, 4.69) is 39.7 Å². The first-order valence-electron chi connectivity index (χ1n) is 14.4. The summed E-state index contributed by atoms with van der Waals surface area (Å²) in [6.45, 7) is 4.12. The highest BCUT2D eigenvalue weighted by Crippen LogP contribution is 2.17. The van der Waals surface area contributed by atoms with Crippen LogP contribution in [0.25, 0.3) is 0 Å². The maximum absolute atomic E-state index is 13.5. The molecule has 222 valence electrons. The molecule has 0 aliphatic heterocycles. The van der Waals surface area contributed by atoms with E-state index in [0.717, 1.165) is 34.0 Å². The first-order valence-corrected chi connectivity index (χ1v) is 15.3. The van der Waals surface area contributed by atoms with Gasteiger partial charge in [0.05, 0.1) is 13.7 Å². The summed E-state index contributed by atoms with van der Waals surface area (Å²) in [5.41, 5.74) is 4.08. The normalized spacial score (nSPS) is 11.4. The van der Waals surface area contributed by atoms with Crippen molar-refractivity contribution in [3.8, 4) is 18.1 Å². The summed E-state index contributed by atoms with van der Waals surface area (Å²) in [6.07, 6.45) is 7.36. The fourth-order valence-electron chi connectivity index (χ4n) is 4.75. The summed E-state index contributed by atoms with van der Waals surface area (Å²) < 4.78 is 5.32. The van der Waals surface area contributed by atoms with Crippen LogP contribution in [0.3, 0.4) is 0 Å². The van der Waals surface area contributed by atoms with Crippen molar-refractivity contribution in [1.82, 2.24) is 20.5 Å². The zero-order chi connectivity index (χ0) is 30.4. The van der Waals surface area contributed by atoms with Crippen LogP contribution in [0.2, 0.25) is 0 Å². The van der Waals surface area contributed by atoms with E-state index in [1.807, 2.05) is 48.7 Å². The maximum Gasteiger partial charge on any atom is 0.254 e. The molecule has 0 aliphatic rings. The summed E-state index contributed by atoms with van der Waals surface area (Å²) >= 11 is 1.52. The Morgan fingerprint density at radius 1 is 1.02 bits per heavy atom. The monoisotopic (exact) mass is 594 g/mol. The van der Waals surface area contributed by atoms with Crippen LogP contribution in [0.15, 0.2) is 84.2 Å². The molecule has 0 spiro atoms. The number of nitrogens with one attached hydrogen (secondary N) is 2. The molecule has 7 nitrogen and oxygen atoms in total. The van der Waals surface area contributed by atoms with Crippen molar-refractivity contribution in [2.45, 2.75) is 45.3 Å². The van der Waals surface area contributed by atoms with Crippen LogP contribution in [0.4, 0.5) is 0 Å². The van der Waals surface area contributed by atoms with Crippen LogP contribution >= 0.6 is 11.3 Å². The number of amides is 2. The van der Waals surface area contributed by atoms with Gasteiger partial charge in [0, 0.05) is 47.8 Å². The fraction of sp³-hybridized carbons (Fsp3) is 0.286. The molecule has 0 bridgehead atoms. The second-order valence-electron chi connectivity index (χ2n) is 10.3. The lowest BCUT2D eigenvalue weighted by atomic mass is 10.0. The molecule has 43 heavy (non-hydrogen) atoms. The van der Waals surface area contributed by atoms with Crippen LogP contribution in [-0.2, 0) is 19.5 Å². The van der Waals surface area contributed by atoms with Crippen molar-refractivity contribution < 1.29 is 14.3 Å². The first-order chi connectivity index (χ1) is 20.9. The first kappa shape index (κ1) is 31.5. The number of methoxy groups -OCH3 is 1. The van der Waals surface area contributed by atoms with Crippen molar-refractivity contribution in [3.63, 3.8) is 0 Å². The predicted molar refractivity (Wildman–Crippen MR) is 172 cm³/mol. The molecular formula is C35H38N4O3S. The highest BCUT2D eigenvalue weighted by atomic mass is 32.1. The molecular weight excluding hydrogens is 556 g/mol. The topological polar surface area (TPSA) is 83.6 Å². The second kappa shape index (κ2) is 16.3. The van der Waals surface area contributed by atoms with E-state index < -0.39 is 0 Å². The van der Waals surface area contributed by atoms with E-state index in [0.29, 0.717) is 50.1 Å². The molecule has 8 heteroatoms. The number of rotatable bonds is 15. The molecule has 0 fully saturated rings. The lowest BCUT2D eigenvalue weighted by Gasteiger charge is -2.22. The average molecular weight is 595 g/mol. The Hall–Kier alpha value is -4.45. The Bertz CT molecular complexity index is 1530. The van der Waals surface area contributed by atoms with Crippen molar-refractivity contribution in [2.75, 3.05) is 20.2 Å². The van der Waals surface area contributed by atoms with E-state index in [-0.39, 0.29) is 17.9 Å². The van der Waals surface area contributed by atoms with Gasteiger partial charge in [-0.2, -0.15) is 0 Å². The summed E-state index contributed by atoms with van der Waals surface area (Å²) in [7, 11) is 1.66. The summed E-state index contributed by atoms with van der Waals surface area (Å²) in [5.74, 6) is 3.05. The van der Waals surface area contributed by atoms with E-state index >= 15 is 0 Å². The Labute approximate surface area is 258 Å². The Kier molecular flexibility index (Phi) is 11.9. The van der Waals surface area contributed by atoms with Crippen LogP contribution < -0.4 is 15.4 Å². The molecule has 4 aromatic rings. The molecule has 0 saturated carbocycles. The number of carbonyl (C=O) groups is 2. The number of benzene rings is 3. The second-order valence-corrected chi connectivity index (χ2v) is 11.3. The molecule has 1 heterocycles. The zero-order valence-corrected chi connectivity index (χ0v) is 25.5. The van der Waals surface area contributed by atoms with Gasteiger partial charge in [0.1, 0.15) is 10.8 Å². The van der Waals surface area contributed by atoms with Gasteiger partial charge in [-0.25, -0.2) is 4.98 Å². The zero-order valence-electron chi connectivity index (χ0n) is 24.7. The van der Waals surface area contributed by atoms with Crippen LogP contribution in [0, 0.1) is 19.3 Å². The lowest BCUT2D eigenvalue weighted by molar-refractivity contribution is 0.0747. The number of nitrogens with zero attached hydrogens (tertiary/aromatic N) is 2. The third kappa shape index (κ3) is 9.81. The third-order valence-corrected chi connectivity index (χ3v) is 7.92. The van der Waals surface area contributed by atoms with Gasteiger partial charge in [0.2, 0.25) is 0 Å². The van der Waals surface area contributed by atoms with E-state index in [1.54, 1.807) is 36.3 Å². The van der Waals surface area contributed by atoms with Gasteiger partial charge in [-0.3, -0.25) is 9.59 Å². The van der Waals surface area contributed by atoms with E-state index in [4.69, 9.17) is 11.2 Å². The van der Waals surface area contributed by atoms with Crippen LogP contribution in [-0.4, -0.2) is 47.9 Å². The molecule has 0 aliphatic carbocycles. The number of aryl methyl sites for hydroxylation is 1. The standard InChI is InChI=1S/C35H38N4O3S/c1-4-5-19-39(24-33-37-26(2)25-43-33)35(41)30-15-10-14-29(22-30)34(40)38-31(20-27-11-7-6-8-12-27)17-18-36-23-28-13-9-16-32(21-28)42-3/h1,6-16,21-22,25,31,36H,5,17-20,23-24H2,2-3H3,(H,38,40)/t31-/m1/s1. The maximum atomic E-state index is 13.5. The number of thiazole rings is 1. The Morgan fingerprint density at radius 3 is 2.53 bits per heavy atom. The fourth-order valence-corrected chi connectivity index (χ4v) is 5.54. The minimum absolute atomic E-state index is 0.104. The molecule has 2 N–H and O–H groups in total. The quantitative estimate of drug-likeness (QED) is 0.137. The largest absolute Gasteiger partial charge is 0.497 e. The van der Waals surface area contributed by atoms with E-state index in [1.165, 1.54) is 11.3 Å². The molecule has 3 aromatic carbocycles. The van der Waals surface area contributed by atoms with Gasteiger partial charge in [0.15, 0.2) is 0 Å². The molecule has 2 amide bonds. The van der Waals surface area contributed by atoms with Crippen molar-refractivity contribution in [1.29, 1.82) is 0 Å². The number of hydrogen-bond acceptors (Lipinski definition) is 6. The number of carbonyl (C=O) groups excluding carboxylic acids is 2. The molecule has 1 aromatic heterocycles. The number of hydrogen-bond donors (Lipinski definition) is 2. The van der Waals surface area contributed by atoms with Gasteiger partial charge >= 0.3 is 0 Å². The lowest BCUT2D eigenvalue weighted by Crippen LogP contribution is -2.38. The van der Waals surface area contributed by atoms with Crippen molar-refractivity contribution >= 4 is 23.2 Å².